The predicted molar refractivity (Wildman–Crippen MR) is 60.4 cm³/mol. The zero-order valence-electron chi connectivity index (χ0n) is 9.21. The second kappa shape index (κ2) is 4.01. The summed E-state index contributed by atoms with van der Waals surface area (Å²) in [6.07, 6.45) is 6.97. The molecule has 0 aromatic rings. The molecule has 15 heavy (non-hydrogen) atoms. The summed E-state index contributed by atoms with van der Waals surface area (Å²) in [5, 5.41) is 4.16. The number of hydrazone groups is 1. The van der Waals surface area contributed by atoms with Gasteiger partial charge in [-0.05, 0) is 25.3 Å². The molecule has 2 aliphatic rings. The van der Waals surface area contributed by atoms with Crippen LogP contribution in [-0.4, -0.2) is 11.6 Å². The molecule has 1 unspecified atom stereocenters. The van der Waals surface area contributed by atoms with E-state index in [1.807, 2.05) is 0 Å². The van der Waals surface area contributed by atoms with Crippen LogP contribution >= 0.6 is 0 Å². The van der Waals surface area contributed by atoms with Crippen molar-refractivity contribution in [1.29, 1.82) is 0 Å². The number of carbonyl (C=O) groups is 1. The highest BCUT2D eigenvalue weighted by atomic mass is 16.2. The molecule has 0 saturated carbocycles. The normalized spacial score (nSPS) is 26.4. The average Bonchev–Trinajstić information content (AvgIpc) is 2.20. The van der Waals surface area contributed by atoms with Gasteiger partial charge >= 0.3 is 0 Å². The fourth-order valence-electron chi connectivity index (χ4n) is 2.00. The van der Waals surface area contributed by atoms with Gasteiger partial charge in [0, 0.05) is 12.3 Å². The summed E-state index contributed by atoms with van der Waals surface area (Å²) >= 11 is 0. The molecule has 0 spiro atoms. The van der Waals surface area contributed by atoms with Crippen LogP contribution in [0.25, 0.3) is 0 Å². The van der Waals surface area contributed by atoms with E-state index in [1.165, 1.54) is 11.1 Å². The van der Waals surface area contributed by atoms with Crippen molar-refractivity contribution < 1.29 is 4.79 Å². The maximum absolute atomic E-state index is 11.1. The van der Waals surface area contributed by atoms with Crippen molar-refractivity contribution in [3.8, 4) is 0 Å². The SMILES string of the molecule is CC1=CC=C(C2=NNC(=O)CC2C)CC1. The molecule has 1 amide bonds. The molecule has 0 saturated heterocycles. The van der Waals surface area contributed by atoms with Crippen LogP contribution in [-0.2, 0) is 4.79 Å². The van der Waals surface area contributed by atoms with Crippen LogP contribution in [0.4, 0.5) is 0 Å². The maximum atomic E-state index is 11.1. The van der Waals surface area contributed by atoms with Gasteiger partial charge in [-0.1, -0.05) is 24.6 Å². The molecule has 2 rings (SSSR count). The first-order valence-electron chi connectivity index (χ1n) is 5.40. The first-order valence-corrected chi connectivity index (χ1v) is 5.40. The van der Waals surface area contributed by atoms with Gasteiger partial charge in [-0.25, -0.2) is 5.43 Å². The zero-order valence-corrected chi connectivity index (χ0v) is 9.21. The summed E-state index contributed by atoms with van der Waals surface area (Å²) < 4.78 is 0. The number of hydrogen-bond donors (Lipinski definition) is 1. The average molecular weight is 204 g/mol. The largest absolute Gasteiger partial charge is 0.273 e. The molecular formula is C12H16N2O. The van der Waals surface area contributed by atoms with Crippen molar-refractivity contribution in [3.63, 3.8) is 0 Å². The van der Waals surface area contributed by atoms with Crippen molar-refractivity contribution >= 4 is 11.6 Å². The Morgan fingerprint density at radius 3 is 2.80 bits per heavy atom. The highest BCUT2D eigenvalue weighted by molar-refractivity contribution is 6.05. The van der Waals surface area contributed by atoms with Crippen LogP contribution in [0, 0.1) is 5.92 Å². The lowest BCUT2D eigenvalue weighted by molar-refractivity contribution is -0.121. The Balaban J connectivity index is 2.21. The van der Waals surface area contributed by atoms with Crippen LogP contribution in [0.5, 0.6) is 0 Å². The molecule has 1 heterocycles. The molecule has 0 fully saturated rings. The minimum atomic E-state index is 0.0226. The lowest BCUT2D eigenvalue weighted by Gasteiger charge is -2.22. The molecule has 3 heteroatoms. The second-order valence-corrected chi connectivity index (χ2v) is 4.34. The van der Waals surface area contributed by atoms with Gasteiger partial charge in [-0.2, -0.15) is 5.10 Å². The van der Waals surface area contributed by atoms with Gasteiger partial charge in [-0.15, -0.1) is 0 Å². The topological polar surface area (TPSA) is 41.5 Å². The molecular weight excluding hydrogens is 188 g/mol. The van der Waals surface area contributed by atoms with Gasteiger partial charge in [0.05, 0.1) is 5.71 Å². The predicted octanol–water partition coefficient (Wildman–Crippen LogP) is 2.16. The standard InChI is InChI=1S/C12H16N2O/c1-8-3-5-10(6-4-8)12-9(2)7-11(15)13-14-12/h3,5,9H,4,6-7H2,1-2H3,(H,13,15). The molecule has 1 aliphatic carbocycles. The summed E-state index contributed by atoms with van der Waals surface area (Å²) in [5.41, 5.74) is 6.29. The molecule has 0 radical (unpaired) electrons. The molecule has 80 valence electrons. The highest BCUT2D eigenvalue weighted by Gasteiger charge is 2.23. The van der Waals surface area contributed by atoms with Crippen molar-refractivity contribution in [3.05, 3.63) is 23.3 Å². The zero-order chi connectivity index (χ0) is 10.8. The summed E-state index contributed by atoms with van der Waals surface area (Å²) in [6.45, 7) is 4.20. The summed E-state index contributed by atoms with van der Waals surface area (Å²) in [5.74, 6) is 0.270. The van der Waals surface area contributed by atoms with Gasteiger partial charge in [0.1, 0.15) is 0 Å². The Kier molecular flexibility index (Phi) is 2.71. The lowest BCUT2D eigenvalue weighted by atomic mass is 9.88. The van der Waals surface area contributed by atoms with Gasteiger partial charge in [-0.3, -0.25) is 4.79 Å². The van der Waals surface area contributed by atoms with E-state index >= 15 is 0 Å². The van der Waals surface area contributed by atoms with Crippen LogP contribution in [0.15, 0.2) is 28.4 Å². The fraction of sp³-hybridized carbons (Fsp3) is 0.500. The molecule has 0 aromatic heterocycles. The third-order valence-electron chi connectivity index (χ3n) is 2.95. The number of nitrogens with one attached hydrogen (secondary N) is 1. The van der Waals surface area contributed by atoms with E-state index in [9.17, 15) is 4.79 Å². The van der Waals surface area contributed by atoms with E-state index in [0.717, 1.165) is 18.6 Å². The van der Waals surface area contributed by atoms with Crippen LogP contribution in [0.3, 0.4) is 0 Å². The first kappa shape index (κ1) is 10.1. The van der Waals surface area contributed by atoms with Crippen molar-refractivity contribution in [2.75, 3.05) is 0 Å². The lowest BCUT2D eigenvalue weighted by Crippen LogP contribution is -2.32. The number of hydrogen-bond acceptors (Lipinski definition) is 2. The van der Waals surface area contributed by atoms with Gasteiger partial charge in [0.15, 0.2) is 0 Å². The molecule has 3 nitrogen and oxygen atoms in total. The van der Waals surface area contributed by atoms with E-state index in [2.05, 4.69) is 36.5 Å². The third kappa shape index (κ3) is 2.17. The summed E-state index contributed by atoms with van der Waals surface area (Å²) in [6, 6.07) is 0. The molecule has 1 aliphatic heterocycles. The van der Waals surface area contributed by atoms with Gasteiger partial charge < -0.3 is 0 Å². The maximum Gasteiger partial charge on any atom is 0.240 e. The first-order chi connectivity index (χ1) is 7.16. The minimum Gasteiger partial charge on any atom is -0.273 e. The Morgan fingerprint density at radius 1 is 1.40 bits per heavy atom. The Hall–Kier alpha value is -1.38. The van der Waals surface area contributed by atoms with E-state index in [1.54, 1.807) is 0 Å². The van der Waals surface area contributed by atoms with Crippen molar-refractivity contribution in [2.24, 2.45) is 11.0 Å². The molecule has 0 aromatic carbocycles. The summed E-state index contributed by atoms with van der Waals surface area (Å²) in [4.78, 5) is 11.1. The van der Waals surface area contributed by atoms with Crippen molar-refractivity contribution in [1.82, 2.24) is 5.43 Å². The monoisotopic (exact) mass is 204 g/mol. The third-order valence-corrected chi connectivity index (χ3v) is 2.95. The van der Waals surface area contributed by atoms with E-state index in [0.29, 0.717) is 6.42 Å². The van der Waals surface area contributed by atoms with E-state index in [-0.39, 0.29) is 11.8 Å². The summed E-state index contributed by atoms with van der Waals surface area (Å²) in [7, 11) is 0. The number of allylic oxidation sites excluding steroid dienone is 4. The number of amides is 1. The number of rotatable bonds is 1. The smallest absolute Gasteiger partial charge is 0.240 e. The molecule has 0 bridgehead atoms. The van der Waals surface area contributed by atoms with Crippen molar-refractivity contribution in [2.45, 2.75) is 33.1 Å². The minimum absolute atomic E-state index is 0.0226. The number of carbonyl (C=O) groups excluding carboxylic acids is 1. The van der Waals surface area contributed by atoms with Gasteiger partial charge in [0.25, 0.3) is 0 Å². The van der Waals surface area contributed by atoms with E-state index in [4.69, 9.17) is 0 Å². The quantitative estimate of drug-likeness (QED) is 0.698. The number of nitrogens with zero attached hydrogens (tertiary/aromatic N) is 1. The second-order valence-electron chi connectivity index (χ2n) is 4.34. The van der Waals surface area contributed by atoms with Crippen LogP contribution in [0.2, 0.25) is 0 Å². The molecule has 1 N–H and O–H groups in total. The Labute approximate surface area is 89.9 Å². The molecule has 1 atom stereocenters. The fourth-order valence-corrected chi connectivity index (χ4v) is 2.00. The highest BCUT2D eigenvalue weighted by Crippen LogP contribution is 2.24. The van der Waals surface area contributed by atoms with Crippen LogP contribution < -0.4 is 5.43 Å². The van der Waals surface area contributed by atoms with Gasteiger partial charge in [0.2, 0.25) is 5.91 Å². The Bertz CT molecular complexity index is 377. The van der Waals surface area contributed by atoms with E-state index < -0.39 is 0 Å². The Morgan fingerprint density at radius 2 is 2.20 bits per heavy atom. The van der Waals surface area contributed by atoms with Crippen LogP contribution in [0.1, 0.15) is 33.1 Å².